The van der Waals surface area contributed by atoms with Gasteiger partial charge in [0.25, 0.3) is 0 Å². The molecule has 0 amide bonds. The van der Waals surface area contributed by atoms with Crippen molar-refractivity contribution in [2.45, 2.75) is 39.2 Å². The molecule has 0 saturated heterocycles. The highest BCUT2D eigenvalue weighted by Gasteiger charge is 2.31. The van der Waals surface area contributed by atoms with Crippen molar-refractivity contribution in [1.82, 2.24) is 10.6 Å². The Morgan fingerprint density at radius 3 is 2.65 bits per heavy atom. The van der Waals surface area contributed by atoms with E-state index >= 15 is 0 Å². The monoisotopic (exact) mass is 378 g/mol. The standard InChI is InChI=1S/C19H26N2O4S/c1-5-6-7-10-25-14-9-8-13(11-15(14)23-3)17-16(18(22)24-4)12(2)20-19(26)21-17/h8-9,11,17H,5-7,10H2,1-4H3,(H2,20,21,26). The van der Waals surface area contributed by atoms with Crippen molar-refractivity contribution in [3.05, 3.63) is 35.0 Å². The molecule has 2 N–H and O–H groups in total. The van der Waals surface area contributed by atoms with Crippen LogP contribution in [0.5, 0.6) is 11.5 Å². The minimum Gasteiger partial charge on any atom is -0.493 e. The molecule has 0 aromatic heterocycles. The van der Waals surface area contributed by atoms with E-state index in [0.717, 1.165) is 24.8 Å². The molecule has 1 aliphatic rings. The Labute approximate surface area is 159 Å². The number of carbonyl (C=O) groups excluding carboxylic acids is 1. The topological polar surface area (TPSA) is 68.8 Å². The van der Waals surface area contributed by atoms with Crippen LogP contribution in [0.2, 0.25) is 0 Å². The van der Waals surface area contributed by atoms with E-state index in [1.807, 2.05) is 18.2 Å². The molecule has 0 saturated carbocycles. The quantitative estimate of drug-likeness (QED) is 0.409. The number of methoxy groups -OCH3 is 2. The highest BCUT2D eigenvalue weighted by Crippen LogP contribution is 2.34. The molecule has 1 unspecified atom stereocenters. The van der Waals surface area contributed by atoms with Crippen LogP contribution in [-0.2, 0) is 9.53 Å². The van der Waals surface area contributed by atoms with Gasteiger partial charge in [-0.05, 0) is 43.3 Å². The van der Waals surface area contributed by atoms with Crippen molar-refractivity contribution in [3.8, 4) is 11.5 Å². The number of ether oxygens (including phenoxy) is 3. The first-order valence-corrected chi connectivity index (χ1v) is 9.10. The SMILES string of the molecule is CCCCCOc1ccc(C2NC(=S)NC(C)=C2C(=O)OC)cc1OC. The molecule has 26 heavy (non-hydrogen) atoms. The maximum Gasteiger partial charge on any atom is 0.337 e. The number of hydrogen-bond acceptors (Lipinski definition) is 5. The number of unbranched alkanes of at least 4 members (excludes halogenated alkanes) is 2. The molecule has 142 valence electrons. The molecular weight excluding hydrogens is 352 g/mol. The van der Waals surface area contributed by atoms with E-state index in [1.165, 1.54) is 7.11 Å². The number of carbonyl (C=O) groups is 1. The van der Waals surface area contributed by atoms with Crippen LogP contribution in [0.15, 0.2) is 29.5 Å². The van der Waals surface area contributed by atoms with Gasteiger partial charge >= 0.3 is 5.97 Å². The highest BCUT2D eigenvalue weighted by atomic mass is 32.1. The van der Waals surface area contributed by atoms with Crippen LogP contribution in [0.25, 0.3) is 0 Å². The zero-order chi connectivity index (χ0) is 19.1. The number of hydrogen-bond donors (Lipinski definition) is 2. The molecule has 1 atom stereocenters. The molecular formula is C19H26N2O4S. The first-order chi connectivity index (χ1) is 12.5. The average molecular weight is 378 g/mol. The molecule has 1 heterocycles. The van der Waals surface area contributed by atoms with Crippen molar-refractivity contribution < 1.29 is 19.0 Å². The molecule has 2 rings (SSSR count). The predicted molar refractivity (Wildman–Crippen MR) is 104 cm³/mol. The molecule has 0 aliphatic carbocycles. The van der Waals surface area contributed by atoms with Gasteiger partial charge in [0.2, 0.25) is 0 Å². The van der Waals surface area contributed by atoms with Crippen molar-refractivity contribution in [2.75, 3.05) is 20.8 Å². The van der Waals surface area contributed by atoms with Gasteiger partial charge < -0.3 is 24.8 Å². The second-order valence-corrected chi connectivity index (χ2v) is 6.44. The molecule has 0 spiro atoms. The summed E-state index contributed by atoms with van der Waals surface area (Å²) in [4.78, 5) is 12.2. The minimum absolute atomic E-state index is 0.408. The summed E-state index contributed by atoms with van der Waals surface area (Å²) in [6.45, 7) is 4.60. The van der Waals surface area contributed by atoms with Gasteiger partial charge in [0, 0.05) is 5.70 Å². The second-order valence-electron chi connectivity index (χ2n) is 6.03. The van der Waals surface area contributed by atoms with E-state index in [-0.39, 0.29) is 0 Å². The zero-order valence-electron chi connectivity index (χ0n) is 15.7. The number of rotatable bonds is 8. The fourth-order valence-corrected chi connectivity index (χ4v) is 3.11. The van der Waals surface area contributed by atoms with Crippen LogP contribution >= 0.6 is 12.2 Å². The van der Waals surface area contributed by atoms with Crippen LogP contribution in [0.4, 0.5) is 0 Å². The molecule has 1 aromatic rings. The normalized spacial score (nSPS) is 16.6. The van der Waals surface area contributed by atoms with Gasteiger partial charge in [-0.15, -0.1) is 0 Å². The predicted octanol–water partition coefficient (Wildman–Crippen LogP) is 3.23. The van der Waals surface area contributed by atoms with E-state index in [9.17, 15) is 4.79 Å². The maximum atomic E-state index is 12.2. The number of nitrogens with one attached hydrogen (secondary N) is 2. The summed E-state index contributed by atoms with van der Waals surface area (Å²) in [6, 6.07) is 5.20. The summed E-state index contributed by atoms with van der Waals surface area (Å²) in [5.41, 5.74) is 2.00. The fraction of sp³-hybridized carbons (Fsp3) is 0.474. The largest absolute Gasteiger partial charge is 0.493 e. The Morgan fingerprint density at radius 2 is 2.00 bits per heavy atom. The first-order valence-electron chi connectivity index (χ1n) is 8.69. The van der Waals surface area contributed by atoms with Crippen LogP contribution in [0.1, 0.15) is 44.7 Å². The lowest BCUT2D eigenvalue weighted by Gasteiger charge is -2.30. The molecule has 6 nitrogen and oxygen atoms in total. The molecule has 1 aromatic carbocycles. The fourth-order valence-electron chi connectivity index (χ4n) is 2.84. The summed E-state index contributed by atoms with van der Waals surface area (Å²) < 4.78 is 16.2. The lowest BCUT2D eigenvalue weighted by Crippen LogP contribution is -2.45. The summed E-state index contributed by atoms with van der Waals surface area (Å²) >= 11 is 5.24. The Balaban J connectivity index is 2.30. The Morgan fingerprint density at radius 1 is 1.23 bits per heavy atom. The summed E-state index contributed by atoms with van der Waals surface area (Å²) in [6.07, 6.45) is 3.27. The van der Waals surface area contributed by atoms with Gasteiger partial charge in [-0.2, -0.15) is 0 Å². The van der Waals surface area contributed by atoms with E-state index < -0.39 is 12.0 Å². The second kappa shape index (κ2) is 9.43. The third kappa shape index (κ3) is 4.66. The lowest BCUT2D eigenvalue weighted by molar-refractivity contribution is -0.136. The molecule has 0 fully saturated rings. The van der Waals surface area contributed by atoms with E-state index in [2.05, 4.69) is 17.6 Å². The average Bonchev–Trinajstić information content (AvgIpc) is 2.64. The highest BCUT2D eigenvalue weighted by molar-refractivity contribution is 7.80. The zero-order valence-corrected chi connectivity index (χ0v) is 16.5. The third-order valence-corrected chi connectivity index (χ3v) is 4.42. The molecule has 7 heteroatoms. The summed E-state index contributed by atoms with van der Waals surface area (Å²) in [5.74, 6) is 0.894. The molecule has 0 bridgehead atoms. The Bertz CT molecular complexity index is 703. The molecule has 1 aliphatic heterocycles. The first kappa shape index (κ1) is 20.0. The van der Waals surface area contributed by atoms with E-state index in [4.69, 9.17) is 26.4 Å². The van der Waals surface area contributed by atoms with Gasteiger partial charge in [-0.25, -0.2) is 4.79 Å². The number of thiocarbonyl (C=S) groups is 1. The van der Waals surface area contributed by atoms with Gasteiger partial charge in [0.05, 0.1) is 32.4 Å². The van der Waals surface area contributed by atoms with E-state index in [0.29, 0.717) is 34.5 Å². The van der Waals surface area contributed by atoms with Crippen LogP contribution in [0.3, 0.4) is 0 Å². The van der Waals surface area contributed by atoms with Crippen LogP contribution in [0, 0.1) is 0 Å². The Hall–Kier alpha value is -2.28. The summed E-state index contributed by atoms with van der Waals surface area (Å²) in [7, 11) is 2.96. The smallest absolute Gasteiger partial charge is 0.337 e. The number of benzene rings is 1. The maximum absolute atomic E-state index is 12.2. The molecule has 0 radical (unpaired) electrons. The van der Waals surface area contributed by atoms with Gasteiger partial charge in [-0.1, -0.05) is 25.8 Å². The Kier molecular flexibility index (Phi) is 7.26. The van der Waals surface area contributed by atoms with Gasteiger partial charge in [0.15, 0.2) is 16.6 Å². The minimum atomic E-state index is -0.417. The van der Waals surface area contributed by atoms with Gasteiger partial charge in [-0.3, -0.25) is 0 Å². The van der Waals surface area contributed by atoms with Crippen molar-refractivity contribution in [1.29, 1.82) is 0 Å². The van der Waals surface area contributed by atoms with Crippen LogP contribution < -0.4 is 20.1 Å². The van der Waals surface area contributed by atoms with Crippen LogP contribution in [-0.4, -0.2) is 31.9 Å². The number of allylic oxidation sites excluding steroid dienone is 1. The van der Waals surface area contributed by atoms with Crippen molar-refractivity contribution in [2.24, 2.45) is 0 Å². The van der Waals surface area contributed by atoms with Crippen molar-refractivity contribution >= 4 is 23.3 Å². The number of esters is 1. The van der Waals surface area contributed by atoms with Crippen molar-refractivity contribution in [3.63, 3.8) is 0 Å². The lowest BCUT2D eigenvalue weighted by atomic mass is 9.95. The van der Waals surface area contributed by atoms with Gasteiger partial charge in [0.1, 0.15) is 0 Å². The third-order valence-electron chi connectivity index (χ3n) is 4.20. The van der Waals surface area contributed by atoms with E-state index in [1.54, 1.807) is 14.0 Å². The summed E-state index contributed by atoms with van der Waals surface area (Å²) in [5, 5.41) is 6.55.